The van der Waals surface area contributed by atoms with Crippen LogP contribution in [0, 0.1) is 18.8 Å². The number of hydrogen-bond donors (Lipinski definition) is 1. The summed E-state index contributed by atoms with van der Waals surface area (Å²) in [4.78, 5) is 0.227. The lowest BCUT2D eigenvalue weighted by molar-refractivity contribution is 0.428. The molecular weight excluding hydrogens is 296 g/mol. The highest BCUT2D eigenvalue weighted by Gasteiger charge is 2.45. The van der Waals surface area contributed by atoms with Crippen molar-refractivity contribution in [3.63, 3.8) is 0 Å². The van der Waals surface area contributed by atoms with E-state index in [1.165, 1.54) is 17.1 Å². The Kier molecular flexibility index (Phi) is 3.57. The molecule has 1 saturated heterocycles. The minimum atomic E-state index is -3.55. The van der Waals surface area contributed by atoms with Crippen LogP contribution in [0.25, 0.3) is 0 Å². The molecule has 0 spiro atoms. The maximum atomic E-state index is 12.8. The second-order valence-corrected chi connectivity index (χ2v) is 8.15. The Bertz CT molecular complexity index is 608. The first-order chi connectivity index (χ1) is 9.41. The highest BCUT2D eigenvalue weighted by Crippen LogP contribution is 2.42. The van der Waals surface area contributed by atoms with E-state index >= 15 is 0 Å². The smallest absolute Gasteiger partial charge is 0.244 e. The lowest BCUT2D eigenvalue weighted by Gasteiger charge is -2.18. The van der Waals surface area contributed by atoms with Crippen molar-refractivity contribution >= 4 is 21.6 Å². The van der Waals surface area contributed by atoms with Crippen molar-refractivity contribution in [3.05, 3.63) is 28.8 Å². The van der Waals surface area contributed by atoms with E-state index in [2.05, 4.69) is 0 Å². The maximum Gasteiger partial charge on any atom is 0.244 e. The van der Waals surface area contributed by atoms with E-state index in [1.54, 1.807) is 25.1 Å². The average molecular weight is 315 g/mol. The van der Waals surface area contributed by atoms with E-state index < -0.39 is 10.0 Å². The number of halogens is 1. The number of nitrogens with zero attached hydrogens (tertiary/aromatic N) is 1. The van der Waals surface area contributed by atoms with E-state index in [1.807, 2.05) is 0 Å². The molecule has 1 aromatic carbocycles. The molecule has 0 aromatic heterocycles. The van der Waals surface area contributed by atoms with E-state index in [-0.39, 0.29) is 16.0 Å². The van der Waals surface area contributed by atoms with Crippen molar-refractivity contribution in [3.8, 4) is 0 Å². The minimum absolute atomic E-state index is 0.0555. The highest BCUT2D eigenvalue weighted by atomic mass is 35.5. The molecule has 2 aliphatic rings. The van der Waals surface area contributed by atoms with Crippen LogP contribution in [0.5, 0.6) is 0 Å². The van der Waals surface area contributed by atoms with Crippen molar-refractivity contribution < 1.29 is 8.42 Å². The fourth-order valence-corrected chi connectivity index (χ4v) is 5.41. The van der Waals surface area contributed by atoms with E-state index in [0.717, 1.165) is 0 Å². The molecule has 110 valence electrons. The zero-order valence-electron chi connectivity index (χ0n) is 11.4. The molecule has 0 radical (unpaired) electrons. The standard InChI is InChI=1S/C14H19ClN2O2S/c1-9-3-2-4-12(15)14(9)20(18,19)17-7-11(10-5-6-10)13(16)8-17/h2-4,10-11,13H,5-8,16H2,1H3/t11-,13+/m1/s1. The summed E-state index contributed by atoms with van der Waals surface area (Å²) < 4.78 is 27.1. The van der Waals surface area contributed by atoms with Gasteiger partial charge in [0.1, 0.15) is 4.90 Å². The molecule has 0 unspecified atom stereocenters. The molecule has 20 heavy (non-hydrogen) atoms. The van der Waals surface area contributed by atoms with Crippen LogP contribution in [0.3, 0.4) is 0 Å². The third-order valence-electron chi connectivity index (χ3n) is 4.37. The Morgan fingerprint density at radius 2 is 2.00 bits per heavy atom. The van der Waals surface area contributed by atoms with Gasteiger partial charge in [-0.15, -0.1) is 0 Å². The van der Waals surface area contributed by atoms with Crippen molar-refractivity contribution in [1.82, 2.24) is 4.31 Å². The first-order valence-corrected chi connectivity index (χ1v) is 8.74. The highest BCUT2D eigenvalue weighted by molar-refractivity contribution is 7.89. The summed E-state index contributed by atoms with van der Waals surface area (Å²) in [5.74, 6) is 0.908. The van der Waals surface area contributed by atoms with Gasteiger partial charge in [-0.1, -0.05) is 23.7 Å². The molecule has 2 N–H and O–H groups in total. The lowest BCUT2D eigenvalue weighted by Crippen LogP contribution is -2.33. The normalized spacial score (nSPS) is 27.9. The first kappa shape index (κ1) is 14.3. The second-order valence-electron chi connectivity index (χ2n) is 5.87. The Hall–Kier alpha value is -0.620. The quantitative estimate of drug-likeness (QED) is 0.928. The van der Waals surface area contributed by atoms with Crippen LogP contribution in [0.4, 0.5) is 0 Å². The maximum absolute atomic E-state index is 12.8. The van der Waals surface area contributed by atoms with Gasteiger partial charge >= 0.3 is 0 Å². The van der Waals surface area contributed by atoms with E-state index in [0.29, 0.717) is 30.5 Å². The van der Waals surface area contributed by atoms with Gasteiger partial charge in [0.25, 0.3) is 0 Å². The van der Waals surface area contributed by atoms with Crippen molar-refractivity contribution in [1.29, 1.82) is 0 Å². The number of aryl methyl sites for hydroxylation is 1. The summed E-state index contributed by atoms with van der Waals surface area (Å²) in [5, 5.41) is 0.286. The van der Waals surface area contributed by atoms with Crippen LogP contribution < -0.4 is 5.73 Å². The molecule has 4 nitrogen and oxygen atoms in total. The van der Waals surface area contributed by atoms with Crippen LogP contribution in [0.15, 0.2) is 23.1 Å². The SMILES string of the molecule is Cc1cccc(Cl)c1S(=O)(=O)N1C[C@H](C2CC2)[C@@H](N)C1. The number of benzene rings is 1. The fourth-order valence-electron chi connectivity index (χ4n) is 3.11. The Labute approximate surface area is 125 Å². The van der Waals surface area contributed by atoms with Gasteiger partial charge in [-0.3, -0.25) is 0 Å². The van der Waals surface area contributed by atoms with Crippen molar-refractivity contribution in [2.45, 2.75) is 30.7 Å². The molecule has 3 rings (SSSR count). The predicted octanol–water partition coefficient (Wildman–Crippen LogP) is 2.01. The third-order valence-corrected chi connectivity index (χ3v) is 6.83. The summed E-state index contributed by atoms with van der Waals surface area (Å²) in [7, 11) is -3.55. The van der Waals surface area contributed by atoms with Gasteiger partial charge in [-0.05, 0) is 43.2 Å². The fraction of sp³-hybridized carbons (Fsp3) is 0.571. The largest absolute Gasteiger partial charge is 0.326 e. The topological polar surface area (TPSA) is 63.4 Å². The van der Waals surface area contributed by atoms with Gasteiger partial charge in [0.15, 0.2) is 0 Å². The van der Waals surface area contributed by atoms with Crippen molar-refractivity contribution in [2.75, 3.05) is 13.1 Å². The van der Waals surface area contributed by atoms with Gasteiger partial charge in [0, 0.05) is 19.1 Å². The predicted molar refractivity (Wildman–Crippen MR) is 79.1 cm³/mol. The second kappa shape index (κ2) is 4.98. The number of sulfonamides is 1. The summed E-state index contributed by atoms with van der Waals surface area (Å²) in [6, 6.07) is 5.10. The zero-order chi connectivity index (χ0) is 14.5. The molecule has 1 saturated carbocycles. The summed E-state index contributed by atoms with van der Waals surface area (Å²) in [6.45, 7) is 2.69. The molecule has 2 fully saturated rings. The number of nitrogens with two attached hydrogens (primary N) is 1. The minimum Gasteiger partial charge on any atom is -0.326 e. The van der Waals surface area contributed by atoms with Crippen molar-refractivity contribution in [2.24, 2.45) is 17.6 Å². The van der Waals surface area contributed by atoms with Crippen LogP contribution in [-0.4, -0.2) is 31.9 Å². The molecular formula is C14H19ClN2O2S. The van der Waals surface area contributed by atoms with Crippen LogP contribution in [0.2, 0.25) is 5.02 Å². The molecule has 0 amide bonds. The molecule has 0 bridgehead atoms. The van der Waals surface area contributed by atoms with Gasteiger partial charge < -0.3 is 5.73 Å². The Balaban J connectivity index is 1.93. The van der Waals surface area contributed by atoms with Gasteiger partial charge in [-0.2, -0.15) is 4.31 Å². The summed E-state index contributed by atoms with van der Waals surface area (Å²) in [5.41, 5.74) is 6.80. The van der Waals surface area contributed by atoms with E-state index in [4.69, 9.17) is 17.3 Å². The van der Waals surface area contributed by atoms with Gasteiger partial charge in [0.05, 0.1) is 5.02 Å². The first-order valence-electron chi connectivity index (χ1n) is 6.92. The third kappa shape index (κ3) is 2.37. The molecule has 1 heterocycles. The lowest BCUT2D eigenvalue weighted by atomic mass is 9.99. The molecule has 6 heteroatoms. The molecule has 1 aromatic rings. The van der Waals surface area contributed by atoms with Crippen LogP contribution in [-0.2, 0) is 10.0 Å². The Morgan fingerprint density at radius 1 is 1.30 bits per heavy atom. The monoisotopic (exact) mass is 314 g/mol. The summed E-state index contributed by atoms with van der Waals surface area (Å²) in [6.07, 6.45) is 2.36. The van der Waals surface area contributed by atoms with E-state index in [9.17, 15) is 8.42 Å². The van der Waals surface area contributed by atoms with Crippen LogP contribution in [0.1, 0.15) is 18.4 Å². The Morgan fingerprint density at radius 3 is 2.60 bits per heavy atom. The molecule has 2 atom stereocenters. The molecule has 1 aliphatic heterocycles. The van der Waals surface area contributed by atoms with Gasteiger partial charge in [-0.25, -0.2) is 8.42 Å². The number of hydrogen-bond acceptors (Lipinski definition) is 3. The zero-order valence-corrected chi connectivity index (χ0v) is 13.0. The molecule has 1 aliphatic carbocycles. The average Bonchev–Trinajstić information content (AvgIpc) is 3.11. The van der Waals surface area contributed by atoms with Gasteiger partial charge in [0.2, 0.25) is 10.0 Å². The van der Waals surface area contributed by atoms with Crippen LogP contribution >= 0.6 is 11.6 Å². The summed E-state index contributed by atoms with van der Waals surface area (Å²) >= 11 is 6.10. The number of rotatable bonds is 3.